The van der Waals surface area contributed by atoms with E-state index in [4.69, 9.17) is 37.4 Å². The summed E-state index contributed by atoms with van der Waals surface area (Å²) >= 11 is 11.9. The highest BCUT2D eigenvalue weighted by atomic mass is 35.5. The second-order valence-electron chi connectivity index (χ2n) is 5.14. The summed E-state index contributed by atoms with van der Waals surface area (Å²) in [5.74, 6) is 1.61. The van der Waals surface area contributed by atoms with Crippen molar-refractivity contribution in [3.8, 4) is 17.2 Å². The summed E-state index contributed by atoms with van der Waals surface area (Å²) in [5.41, 5.74) is 0.593. The van der Waals surface area contributed by atoms with Gasteiger partial charge in [0.1, 0.15) is 17.2 Å². The van der Waals surface area contributed by atoms with E-state index in [1.165, 1.54) is 7.11 Å². The van der Waals surface area contributed by atoms with Crippen LogP contribution in [0.2, 0.25) is 10.0 Å². The Labute approximate surface area is 156 Å². The topological polar surface area (TPSA) is 56.8 Å². The van der Waals surface area contributed by atoms with Gasteiger partial charge in [-0.25, -0.2) is 0 Å². The smallest absolute Gasteiger partial charge is 0.224 e. The summed E-state index contributed by atoms with van der Waals surface area (Å²) in [7, 11) is 3.11. The molecule has 5 nitrogen and oxygen atoms in total. The second kappa shape index (κ2) is 9.39. The first-order chi connectivity index (χ1) is 12.0. The Kier molecular flexibility index (Phi) is 7.22. The average Bonchev–Trinajstić information content (AvgIpc) is 2.60. The van der Waals surface area contributed by atoms with Crippen molar-refractivity contribution >= 4 is 34.8 Å². The molecule has 0 unspecified atom stereocenters. The number of hydrogen-bond donors (Lipinski definition) is 1. The summed E-state index contributed by atoms with van der Waals surface area (Å²) in [4.78, 5) is 12.1. The van der Waals surface area contributed by atoms with Gasteiger partial charge in [0.05, 0.1) is 31.5 Å². The number of anilines is 1. The number of ether oxygens (including phenoxy) is 3. The third-order valence-corrected chi connectivity index (χ3v) is 3.91. The zero-order valence-electron chi connectivity index (χ0n) is 14.0. The quantitative estimate of drug-likeness (QED) is 0.664. The van der Waals surface area contributed by atoms with Crippen molar-refractivity contribution in [2.45, 2.75) is 12.8 Å². The molecular weight excluding hydrogens is 365 g/mol. The number of amides is 1. The van der Waals surface area contributed by atoms with E-state index >= 15 is 0 Å². The maximum atomic E-state index is 12.1. The van der Waals surface area contributed by atoms with Crippen LogP contribution in [0.3, 0.4) is 0 Å². The summed E-state index contributed by atoms with van der Waals surface area (Å²) in [6, 6.07) is 10.2. The van der Waals surface area contributed by atoms with Crippen LogP contribution in [0.5, 0.6) is 17.2 Å². The highest BCUT2D eigenvalue weighted by Crippen LogP contribution is 2.29. The molecular formula is C18H19Cl2NO4. The highest BCUT2D eigenvalue weighted by Gasteiger charge is 2.09. The largest absolute Gasteiger partial charge is 0.497 e. The Hall–Kier alpha value is -2.11. The Morgan fingerprint density at radius 2 is 1.84 bits per heavy atom. The molecule has 0 saturated carbocycles. The van der Waals surface area contributed by atoms with Gasteiger partial charge in [-0.05, 0) is 36.8 Å². The summed E-state index contributed by atoms with van der Waals surface area (Å²) < 4.78 is 15.9. The van der Waals surface area contributed by atoms with Crippen molar-refractivity contribution in [1.29, 1.82) is 0 Å². The molecule has 0 aliphatic heterocycles. The molecule has 0 saturated heterocycles. The molecule has 2 rings (SSSR count). The number of hydrogen-bond acceptors (Lipinski definition) is 4. The second-order valence-corrected chi connectivity index (χ2v) is 5.98. The van der Waals surface area contributed by atoms with E-state index in [-0.39, 0.29) is 5.91 Å². The van der Waals surface area contributed by atoms with Gasteiger partial charge in [0.15, 0.2) is 0 Å². The lowest BCUT2D eigenvalue weighted by molar-refractivity contribution is -0.116. The van der Waals surface area contributed by atoms with Crippen LogP contribution in [-0.4, -0.2) is 26.7 Å². The Morgan fingerprint density at radius 3 is 2.52 bits per heavy atom. The number of methoxy groups -OCH3 is 2. The number of carbonyl (C=O) groups excluding carboxylic acids is 1. The first-order valence-corrected chi connectivity index (χ1v) is 8.39. The van der Waals surface area contributed by atoms with Gasteiger partial charge in [0.2, 0.25) is 5.91 Å². The van der Waals surface area contributed by atoms with Crippen LogP contribution in [0.4, 0.5) is 5.69 Å². The van der Waals surface area contributed by atoms with E-state index in [0.29, 0.717) is 52.4 Å². The molecule has 1 amide bonds. The average molecular weight is 384 g/mol. The van der Waals surface area contributed by atoms with Gasteiger partial charge in [-0.3, -0.25) is 4.79 Å². The van der Waals surface area contributed by atoms with Gasteiger partial charge in [-0.15, -0.1) is 0 Å². The molecule has 7 heteroatoms. The van der Waals surface area contributed by atoms with Gasteiger partial charge in [-0.2, -0.15) is 0 Å². The maximum absolute atomic E-state index is 12.1. The van der Waals surface area contributed by atoms with Crippen molar-refractivity contribution in [1.82, 2.24) is 0 Å². The molecule has 1 N–H and O–H groups in total. The molecule has 134 valence electrons. The van der Waals surface area contributed by atoms with Gasteiger partial charge < -0.3 is 19.5 Å². The number of benzene rings is 2. The molecule has 0 atom stereocenters. The van der Waals surface area contributed by atoms with E-state index in [9.17, 15) is 4.79 Å². The minimum Gasteiger partial charge on any atom is -0.497 e. The van der Waals surface area contributed by atoms with E-state index < -0.39 is 0 Å². The lowest BCUT2D eigenvalue weighted by Gasteiger charge is -2.12. The lowest BCUT2D eigenvalue weighted by atomic mass is 10.2. The van der Waals surface area contributed by atoms with Crippen molar-refractivity contribution in [2.75, 3.05) is 26.1 Å². The SMILES string of the molecule is COc1ccc(NC(=O)CCCOc2ccc(Cl)cc2Cl)c(OC)c1. The van der Waals surface area contributed by atoms with E-state index in [1.54, 1.807) is 43.5 Å². The Bertz CT molecular complexity index is 737. The van der Waals surface area contributed by atoms with Crippen LogP contribution in [-0.2, 0) is 4.79 Å². The van der Waals surface area contributed by atoms with Crippen LogP contribution >= 0.6 is 23.2 Å². The molecule has 0 heterocycles. The van der Waals surface area contributed by atoms with Crippen LogP contribution in [0.1, 0.15) is 12.8 Å². The molecule has 0 fully saturated rings. The van der Waals surface area contributed by atoms with Crippen molar-refractivity contribution in [3.05, 3.63) is 46.4 Å². The van der Waals surface area contributed by atoms with Crippen molar-refractivity contribution in [3.63, 3.8) is 0 Å². The highest BCUT2D eigenvalue weighted by molar-refractivity contribution is 6.35. The summed E-state index contributed by atoms with van der Waals surface area (Å²) in [6.07, 6.45) is 0.851. The van der Waals surface area contributed by atoms with Gasteiger partial charge in [0, 0.05) is 17.5 Å². The molecule has 0 bridgehead atoms. The summed E-state index contributed by atoms with van der Waals surface area (Å²) in [5, 5.41) is 3.80. The molecule has 25 heavy (non-hydrogen) atoms. The molecule has 0 aliphatic rings. The first-order valence-electron chi connectivity index (χ1n) is 7.63. The number of nitrogens with one attached hydrogen (secondary N) is 1. The van der Waals surface area contributed by atoms with Gasteiger partial charge >= 0.3 is 0 Å². The molecule has 0 aromatic heterocycles. The molecule has 2 aromatic carbocycles. The zero-order chi connectivity index (χ0) is 18.2. The van der Waals surface area contributed by atoms with Gasteiger partial charge in [0.25, 0.3) is 0 Å². The third kappa shape index (κ3) is 5.73. The van der Waals surface area contributed by atoms with Crippen LogP contribution in [0.15, 0.2) is 36.4 Å². The van der Waals surface area contributed by atoms with Crippen molar-refractivity contribution in [2.24, 2.45) is 0 Å². The van der Waals surface area contributed by atoms with Crippen molar-refractivity contribution < 1.29 is 19.0 Å². The monoisotopic (exact) mass is 383 g/mol. The number of carbonyl (C=O) groups is 1. The fourth-order valence-corrected chi connectivity index (χ4v) is 2.58. The molecule has 2 aromatic rings. The van der Waals surface area contributed by atoms with Gasteiger partial charge in [-0.1, -0.05) is 23.2 Å². The van der Waals surface area contributed by atoms with Crippen LogP contribution in [0, 0.1) is 0 Å². The Morgan fingerprint density at radius 1 is 1.04 bits per heavy atom. The Balaban J connectivity index is 1.81. The zero-order valence-corrected chi connectivity index (χ0v) is 15.5. The predicted octanol–water partition coefficient (Wildman–Crippen LogP) is 4.81. The molecule has 0 radical (unpaired) electrons. The third-order valence-electron chi connectivity index (χ3n) is 3.38. The fourth-order valence-electron chi connectivity index (χ4n) is 2.12. The predicted molar refractivity (Wildman–Crippen MR) is 99.4 cm³/mol. The van der Waals surface area contributed by atoms with E-state index in [2.05, 4.69) is 5.32 Å². The lowest BCUT2D eigenvalue weighted by Crippen LogP contribution is -2.13. The fraction of sp³-hybridized carbons (Fsp3) is 0.278. The minimum absolute atomic E-state index is 0.130. The standard InChI is InChI=1S/C18H19Cl2NO4/c1-23-13-6-7-15(17(11-13)24-2)21-18(22)4-3-9-25-16-8-5-12(19)10-14(16)20/h5-8,10-11H,3-4,9H2,1-2H3,(H,21,22). The summed E-state index contributed by atoms with van der Waals surface area (Å²) in [6.45, 7) is 0.370. The minimum atomic E-state index is -0.130. The number of rotatable bonds is 8. The number of halogens is 2. The maximum Gasteiger partial charge on any atom is 0.224 e. The van der Waals surface area contributed by atoms with E-state index in [1.807, 2.05) is 0 Å². The first kappa shape index (κ1) is 19.2. The van der Waals surface area contributed by atoms with E-state index in [0.717, 1.165) is 0 Å². The molecule has 0 spiro atoms. The normalized spacial score (nSPS) is 10.2. The van der Waals surface area contributed by atoms with Crippen LogP contribution in [0.25, 0.3) is 0 Å². The van der Waals surface area contributed by atoms with Crippen LogP contribution < -0.4 is 19.5 Å². The molecule has 0 aliphatic carbocycles.